The van der Waals surface area contributed by atoms with Crippen LogP contribution in [0.3, 0.4) is 0 Å². The van der Waals surface area contributed by atoms with Crippen LogP contribution in [0.2, 0.25) is 0 Å². The lowest BCUT2D eigenvalue weighted by Crippen LogP contribution is -2.26. The fraction of sp³-hybridized carbons (Fsp3) is 0.429. The van der Waals surface area contributed by atoms with E-state index in [1.165, 1.54) is 25.7 Å². The molecule has 1 amide bonds. The van der Waals surface area contributed by atoms with Gasteiger partial charge in [0.05, 0.1) is 19.8 Å². The van der Waals surface area contributed by atoms with Crippen LogP contribution >= 0.6 is 0 Å². The number of ether oxygens (including phenoxy) is 2. The maximum absolute atomic E-state index is 12.3. The van der Waals surface area contributed by atoms with Crippen LogP contribution in [0.1, 0.15) is 41.6 Å². The minimum Gasteiger partial charge on any atom is -0.493 e. The Balaban J connectivity index is 1.49. The first kappa shape index (κ1) is 19.0. The molecule has 1 fully saturated rings. The van der Waals surface area contributed by atoms with Crippen molar-refractivity contribution in [2.45, 2.75) is 38.1 Å². The van der Waals surface area contributed by atoms with Gasteiger partial charge in [0.1, 0.15) is 5.82 Å². The van der Waals surface area contributed by atoms with E-state index in [0.29, 0.717) is 36.1 Å². The van der Waals surface area contributed by atoms with Gasteiger partial charge in [-0.1, -0.05) is 18.9 Å². The first-order valence-corrected chi connectivity index (χ1v) is 9.41. The summed E-state index contributed by atoms with van der Waals surface area (Å²) in [5.74, 6) is 2.11. The molecule has 3 rings (SSSR count). The second-order valence-electron chi connectivity index (χ2n) is 6.75. The van der Waals surface area contributed by atoms with Crippen molar-refractivity contribution in [3.8, 4) is 11.5 Å². The van der Waals surface area contributed by atoms with Gasteiger partial charge in [-0.3, -0.25) is 4.79 Å². The number of hydrogen-bond donors (Lipinski definition) is 2. The summed E-state index contributed by atoms with van der Waals surface area (Å²) < 4.78 is 10.5. The molecule has 27 heavy (non-hydrogen) atoms. The Morgan fingerprint density at radius 2 is 1.89 bits per heavy atom. The molecule has 1 saturated carbocycles. The van der Waals surface area contributed by atoms with Crippen LogP contribution < -0.4 is 20.1 Å². The second-order valence-corrected chi connectivity index (χ2v) is 6.75. The van der Waals surface area contributed by atoms with Crippen LogP contribution in [-0.4, -0.2) is 37.7 Å². The summed E-state index contributed by atoms with van der Waals surface area (Å²) in [6, 6.07) is 9.97. The third-order valence-corrected chi connectivity index (χ3v) is 4.88. The number of nitrogens with one attached hydrogen (secondary N) is 2. The number of rotatable bonds is 8. The van der Waals surface area contributed by atoms with Crippen molar-refractivity contribution in [2.24, 2.45) is 0 Å². The SMILES string of the molecule is COc1ccc(CCNC(=O)c2ccc(NC3CCCC3)nc2)cc1OC. The van der Waals surface area contributed by atoms with Crippen molar-refractivity contribution >= 4 is 11.7 Å². The molecule has 0 saturated heterocycles. The van der Waals surface area contributed by atoms with Crippen molar-refractivity contribution in [1.29, 1.82) is 0 Å². The number of carbonyl (C=O) groups is 1. The molecule has 6 nitrogen and oxygen atoms in total. The quantitative estimate of drug-likeness (QED) is 0.746. The van der Waals surface area contributed by atoms with Gasteiger partial charge in [0.2, 0.25) is 0 Å². The van der Waals surface area contributed by atoms with Gasteiger partial charge < -0.3 is 20.1 Å². The number of anilines is 1. The lowest BCUT2D eigenvalue weighted by Gasteiger charge is -2.13. The fourth-order valence-electron chi connectivity index (χ4n) is 3.35. The molecule has 6 heteroatoms. The Kier molecular flexibility index (Phi) is 6.52. The summed E-state index contributed by atoms with van der Waals surface area (Å²) in [7, 11) is 3.22. The summed E-state index contributed by atoms with van der Waals surface area (Å²) >= 11 is 0. The van der Waals surface area contributed by atoms with Gasteiger partial charge in [0.25, 0.3) is 5.91 Å². The Labute approximate surface area is 160 Å². The lowest BCUT2D eigenvalue weighted by molar-refractivity contribution is 0.0954. The van der Waals surface area contributed by atoms with Crippen molar-refractivity contribution < 1.29 is 14.3 Å². The molecule has 1 aliphatic carbocycles. The summed E-state index contributed by atoms with van der Waals surface area (Å²) in [5, 5.41) is 6.36. The van der Waals surface area contributed by atoms with Gasteiger partial charge in [-0.15, -0.1) is 0 Å². The van der Waals surface area contributed by atoms with Crippen LogP contribution in [0, 0.1) is 0 Å². The molecule has 0 spiro atoms. The normalized spacial score (nSPS) is 14.0. The Morgan fingerprint density at radius 3 is 2.56 bits per heavy atom. The topological polar surface area (TPSA) is 72.5 Å². The molecule has 0 radical (unpaired) electrons. The van der Waals surface area contributed by atoms with E-state index in [1.54, 1.807) is 20.4 Å². The first-order valence-electron chi connectivity index (χ1n) is 9.41. The van der Waals surface area contributed by atoms with Crippen molar-refractivity contribution in [1.82, 2.24) is 10.3 Å². The van der Waals surface area contributed by atoms with Crippen LogP contribution in [0.15, 0.2) is 36.5 Å². The monoisotopic (exact) mass is 369 g/mol. The summed E-state index contributed by atoms with van der Waals surface area (Å²) in [6.07, 6.45) is 7.28. The zero-order valence-corrected chi connectivity index (χ0v) is 16.0. The zero-order chi connectivity index (χ0) is 19.1. The first-order chi connectivity index (χ1) is 13.2. The number of pyridine rings is 1. The molecular weight excluding hydrogens is 342 g/mol. The molecule has 1 heterocycles. The van der Waals surface area contributed by atoms with Crippen molar-refractivity contribution in [2.75, 3.05) is 26.1 Å². The molecule has 0 aliphatic heterocycles. The highest BCUT2D eigenvalue weighted by atomic mass is 16.5. The maximum Gasteiger partial charge on any atom is 0.252 e. The van der Waals surface area contributed by atoms with Gasteiger partial charge in [-0.05, 0) is 49.1 Å². The third-order valence-electron chi connectivity index (χ3n) is 4.88. The largest absolute Gasteiger partial charge is 0.493 e. The van der Waals surface area contributed by atoms with E-state index in [4.69, 9.17) is 9.47 Å². The maximum atomic E-state index is 12.3. The van der Waals surface area contributed by atoms with Crippen molar-refractivity contribution in [3.63, 3.8) is 0 Å². The third kappa shape index (κ3) is 5.12. The highest BCUT2D eigenvalue weighted by Gasteiger charge is 2.15. The molecule has 1 aliphatic rings. The number of amides is 1. The van der Waals surface area contributed by atoms with Gasteiger partial charge in [-0.2, -0.15) is 0 Å². The Morgan fingerprint density at radius 1 is 1.11 bits per heavy atom. The molecule has 2 N–H and O–H groups in total. The number of methoxy groups -OCH3 is 2. The van der Waals surface area contributed by atoms with Crippen molar-refractivity contribution in [3.05, 3.63) is 47.7 Å². The molecule has 0 unspecified atom stereocenters. The molecule has 1 aromatic carbocycles. The smallest absolute Gasteiger partial charge is 0.252 e. The molecule has 0 atom stereocenters. The van der Waals surface area contributed by atoms with E-state index in [2.05, 4.69) is 15.6 Å². The van der Waals surface area contributed by atoms with E-state index in [0.717, 1.165) is 11.4 Å². The average molecular weight is 369 g/mol. The van der Waals surface area contributed by atoms with E-state index >= 15 is 0 Å². The predicted molar refractivity (Wildman–Crippen MR) is 106 cm³/mol. The van der Waals surface area contributed by atoms with Gasteiger partial charge >= 0.3 is 0 Å². The van der Waals surface area contributed by atoms with Crippen LogP contribution in [0.5, 0.6) is 11.5 Å². The minimum absolute atomic E-state index is 0.115. The highest BCUT2D eigenvalue weighted by molar-refractivity contribution is 5.94. The second kappa shape index (κ2) is 9.26. The van der Waals surface area contributed by atoms with Gasteiger partial charge in [0, 0.05) is 18.8 Å². The van der Waals surface area contributed by atoms with Gasteiger partial charge in [-0.25, -0.2) is 4.98 Å². The molecule has 0 bridgehead atoms. The van der Waals surface area contributed by atoms with Crippen LogP contribution in [0.4, 0.5) is 5.82 Å². The summed E-state index contributed by atoms with van der Waals surface area (Å²) in [6.45, 7) is 0.538. The Bertz CT molecular complexity index is 756. The summed E-state index contributed by atoms with van der Waals surface area (Å²) in [4.78, 5) is 16.7. The number of aromatic nitrogens is 1. The molecule has 2 aromatic rings. The molecular formula is C21H27N3O3. The van der Waals surface area contributed by atoms with E-state index in [9.17, 15) is 4.79 Å². The Hall–Kier alpha value is -2.76. The summed E-state index contributed by atoms with van der Waals surface area (Å²) in [5.41, 5.74) is 1.64. The number of hydrogen-bond acceptors (Lipinski definition) is 5. The van der Waals surface area contributed by atoms with E-state index < -0.39 is 0 Å². The van der Waals surface area contributed by atoms with E-state index in [-0.39, 0.29) is 5.91 Å². The molecule has 1 aromatic heterocycles. The van der Waals surface area contributed by atoms with E-state index in [1.807, 2.05) is 30.3 Å². The number of nitrogens with zero attached hydrogens (tertiary/aromatic N) is 1. The number of benzene rings is 1. The van der Waals surface area contributed by atoms with Crippen LogP contribution in [0.25, 0.3) is 0 Å². The highest BCUT2D eigenvalue weighted by Crippen LogP contribution is 2.27. The average Bonchev–Trinajstić information content (AvgIpc) is 3.21. The molecule has 144 valence electrons. The standard InChI is InChI=1S/C21H27N3O3/c1-26-18-9-7-15(13-19(18)27-2)11-12-22-21(25)16-8-10-20(23-14-16)24-17-5-3-4-6-17/h7-10,13-14,17H,3-6,11-12H2,1-2H3,(H,22,25)(H,23,24). The fourth-order valence-corrected chi connectivity index (χ4v) is 3.35. The van der Waals surface area contributed by atoms with Gasteiger partial charge in [0.15, 0.2) is 11.5 Å². The predicted octanol–water partition coefficient (Wildman–Crippen LogP) is 3.43. The zero-order valence-electron chi connectivity index (χ0n) is 16.0. The minimum atomic E-state index is -0.115. The van der Waals surface area contributed by atoms with Crippen LogP contribution in [-0.2, 0) is 6.42 Å². The lowest BCUT2D eigenvalue weighted by atomic mass is 10.1. The number of carbonyl (C=O) groups excluding carboxylic acids is 1.